The first-order valence-corrected chi connectivity index (χ1v) is 7.26. The van der Waals surface area contributed by atoms with E-state index in [2.05, 4.69) is 32.7 Å². The van der Waals surface area contributed by atoms with E-state index in [-0.39, 0.29) is 24.4 Å². The lowest BCUT2D eigenvalue weighted by molar-refractivity contribution is -0.133. The van der Waals surface area contributed by atoms with Crippen molar-refractivity contribution in [3.63, 3.8) is 0 Å². The number of imide groups is 1. The number of hydrogen-bond acceptors (Lipinski definition) is 5. The summed E-state index contributed by atoms with van der Waals surface area (Å²) in [4.78, 5) is 28.7. The molecule has 1 aliphatic carbocycles. The number of rotatable bonds is 2. The number of nitrogens with zero attached hydrogens (tertiary/aromatic N) is 4. The number of fused-ring (bicyclic) bond motifs is 3. The van der Waals surface area contributed by atoms with E-state index in [4.69, 9.17) is 0 Å². The SMILES string of the molecule is CN1CC2CC(C1)C1(C2)NC(=O)N(Cc2cn[nH]n2)C1=O. The zero-order valence-electron chi connectivity index (χ0n) is 11.9. The topological polar surface area (TPSA) is 94.2 Å². The van der Waals surface area contributed by atoms with Gasteiger partial charge in [0.1, 0.15) is 11.2 Å². The van der Waals surface area contributed by atoms with Crippen LogP contribution in [-0.4, -0.2) is 62.8 Å². The number of nitrogens with one attached hydrogen (secondary N) is 2. The first-order chi connectivity index (χ1) is 10.1. The van der Waals surface area contributed by atoms with Crippen molar-refractivity contribution in [2.45, 2.75) is 24.9 Å². The average molecular weight is 290 g/mol. The molecule has 3 amide bonds. The van der Waals surface area contributed by atoms with Crippen LogP contribution in [-0.2, 0) is 11.3 Å². The molecule has 1 aromatic heterocycles. The predicted octanol–water partition coefficient (Wildman–Crippen LogP) is -0.433. The second-order valence-corrected chi connectivity index (χ2v) is 6.48. The number of aromatic nitrogens is 3. The van der Waals surface area contributed by atoms with Crippen LogP contribution in [0.2, 0.25) is 0 Å². The number of carbonyl (C=O) groups is 2. The minimum absolute atomic E-state index is 0.0988. The Kier molecular flexibility index (Phi) is 2.59. The molecule has 2 aliphatic heterocycles. The first-order valence-electron chi connectivity index (χ1n) is 7.26. The summed E-state index contributed by atoms with van der Waals surface area (Å²) >= 11 is 0. The first kappa shape index (κ1) is 12.8. The summed E-state index contributed by atoms with van der Waals surface area (Å²) in [6, 6.07) is -0.307. The van der Waals surface area contributed by atoms with Gasteiger partial charge in [0, 0.05) is 19.0 Å². The second-order valence-electron chi connectivity index (χ2n) is 6.48. The molecule has 1 aromatic rings. The Balaban J connectivity index is 1.61. The van der Waals surface area contributed by atoms with E-state index >= 15 is 0 Å². The fraction of sp³-hybridized carbons (Fsp3) is 0.692. The second kappa shape index (κ2) is 4.27. The lowest BCUT2D eigenvalue weighted by Crippen LogP contribution is -2.52. The van der Waals surface area contributed by atoms with E-state index in [9.17, 15) is 9.59 Å². The van der Waals surface area contributed by atoms with Gasteiger partial charge in [-0.1, -0.05) is 0 Å². The highest BCUT2D eigenvalue weighted by Crippen LogP contribution is 2.46. The largest absolute Gasteiger partial charge is 0.325 e. The quantitative estimate of drug-likeness (QED) is 0.721. The van der Waals surface area contributed by atoms with Gasteiger partial charge in [0.2, 0.25) is 0 Å². The lowest BCUT2D eigenvalue weighted by atomic mass is 9.86. The monoisotopic (exact) mass is 290 g/mol. The molecular formula is C13H18N6O2. The highest BCUT2D eigenvalue weighted by molar-refractivity contribution is 6.07. The van der Waals surface area contributed by atoms with Crippen LogP contribution in [0.15, 0.2) is 6.20 Å². The molecule has 4 rings (SSSR count). The Morgan fingerprint density at radius 1 is 1.43 bits per heavy atom. The fourth-order valence-corrected chi connectivity index (χ4v) is 4.24. The van der Waals surface area contributed by atoms with Crippen LogP contribution in [0.1, 0.15) is 18.5 Å². The standard InChI is InChI=1S/C13H18N6O2/c1-18-5-8-2-9(6-18)13(3-8)11(20)19(12(21)15-13)7-10-4-14-17-16-10/h4,8-9H,2-3,5-7H2,1H3,(H,15,21)(H,14,16,17). The van der Waals surface area contributed by atoms with Gasteiger partial charge >= 0.3 is 6.03 Å². The van der Waals surface area contributed by atoms with Crippen molar-refractivity contribution in [1.29, 1.82) is 0 Å². The number of H-pyrrole nitrogens is 1. The number of aromatic amines is 1. The summed E-state index contributed by atoms with van der Waals surface area (Å²) in [6.07, 6.45) is 3.31. The number of hydrogen-bond donors (Lipinski definition) is 2. The van der Waals surface area contributed by atoms with Gasteiger partial charge in [0.25, 0.3) is 5.91 Å². The third kappa shape index (κ3) is 1.78. The molecule has 3 aliphatic rings. The van der Waals surface area contributed by atoms with Crippen molar-refractivity contribution in [2.24, 2.45) is 11.8 Å². The maximum atomic E-state index is 12.9. The number of carbonyl (C=O) groups excluding carboxylic acids is 2. The van der Waals surface area contributed by atoms with Crippen LogP contribution in [0.3, 0.4) is 0 Å². The zero-order valence-corrected chi connectivity index (χ0v) is 11.9. The molecule has 1 saturated carbocycles. The van der Waals surface area contributed by atoms with E-state index in [1.165, 1.54) is 11.1 Å². The van der Waals surface area contributed by atoms with Crippen LogP contribution in [0.5, 0.6) is 0 Å². The van der Waals surface area contributed by atoms with Crippen LogP contribution < -0.4 is 5.32 Å². The Hall–Kier alpha value is -1.96. The summed E-state index contributed by atoms with van der Waals surface area (Å²) in [5, 5.41) is 13.1. The number of piperidine rings is 1. The molecule has 1 spiro atoms. The van der Waals surface area contributed by atoms with E-state index in [1.54, 1.807) is 0 Å². The van der Waals surface area contributed by atoms with Crippen molar-refractivity contribution in [2.75, 3.05) is 20.1 Å². The number of likely N-dealkylation sites (tertiary alicyclic amines) is 1. The third-order valence-electron chi connectivity index (χ3n) is 5.01. The molecule has 2 N–H and O–H groups in total. The smallest absolute Gasteiger partial charge is 0.323 e. The van der Waals surface area contributed by atoms with E-state index < -0.39 is 5.54 Å². The molecule has 2 saturated heterocycles. The summed E-state index contributed by atoms with van der Waals surface area (Å²) in [5.74, 6) is 0.600. The molecule has 3 fully saturated rings. The van der Waals surface area contributed by atoms with Crippen molar-refractivity contribution in [3.05, 3.63) is 11.9 Å². The molecule has 3 unspecified atom stereocenters. The normalized spacial score (nSPS) is 35.8. The number of urea groups is 1. The van der Waals surface area contributed by atoms with Crippen LogP contribution in [0.4, 0.5) is 4.79 Å². The van der Waals surface area contributed by atoms with Gasteiger partial charge in [0.05, 0.1) is 12.7 Å². The van der Waals surface area contributed by atoms with Gasteiger partial charge in [-0.25, -0.2) is 4.79 Å². The van der Waals surface area contributed by atoms with Crippen molar-refractivity contribution in [3.8, 4) is 0 Å². The molecule has 2 bridgehead atoms. The molecule has 8 nitrogen and oxygen atoms in total. The zero-order chi connectivity index (χ0) is 14.6. The fourth-order valence-electron chi connectivity index (χ4n) is 4.24. The summed E-state index contributed by atoms with van der Waals surface area (Å²) in [6.45, 7) is 2.04. The Morgan fingerprint density at radius 3 is 3.05 bits per heavy atom. The van der Waals surface area contributed by atoms with Gasteiger partial charge < -0.3 is 10.2 Å². The third-order valence-corrected chi connectivity index (χ3v) is 5.01. The van der Waals surface area contributed by atoms with Gasteiger partial charge in [0.15, 0.2) is 0 Å². The van der Waals surface area contributed by atoms with Gasteiger partial charge in [-0.15, -0.1) is 0 Å². The molecule has 8 heteroatoms. The highest BCUT2D eigenvalue weighted by atomic mass is 16.2. The maximum Gasteiger partial charge on any atom is 0.325 e. The highest BCUT2D eigenvalue weighted by Gasteiger charge is 2.61. The van der Waals surface area contributed by atoms with Gasteiger partial charge in [-0.3, -0.25) is 9.69 Å². The molecule has 21 heavy (non-hydrogen) atoms. The van der Waals surface area contributed by atoms with E-state index in [0.29, 0.717) is 11.6 Å². The van der Waals surface area contributed by atoms with E-state index in [0.717, 1.165) is 25.9 Å². The Morgan fingerprint density at radius 2 is 2.29 bits per heavy atom. The molecule has 0 aromatic carbocycles. The summed E-state index contributed by atoms with van der Waals surface area (Å²) in [7, 11) is 2.08. The molecule has 112 valence electrons. The molecule has 3 atom stereocenters. The average Bonchev–Trinajstić information content (AvgIpc) is 3.08. The van der Waals surface area contributed by atoms with Crippen LogP contribution in [0.25, 0.3) is 0 Å². The van der Waals surface area contributed by atoms with Gasteiger partial charge in [-0.2, -0.15) is 15.4 Å². The van der Waals surface area contributed by atoms with Crippen molar-refractivity contribution < 1.29 is 9.59 Å². The Labute approximate surface area is 121 Å². The maximum absolute atomic E-state index is 12.9. The van der Waals surface area contributed by atoms with E-state index in [1.807, 2.05) is 0 Å². The van der Waals surface area contributed by atoms with Crippen LogP contribution >= 0.6 is 0 Å². The summed E-state index contributed by atoms with van der Waals surface area (Å²) in [5.41, 5.74) is -0.107. The molecular weight excluding hydrogens is 272 g/mol. The lowest BCUT2D eigenvalue weighted by Gasteiger charge is -2.32. The number of amides is 3. The Bertz CT molecular complexity index is 587. The minimum atomic E-state index is -0.698. The van der Waals surface area contributed by atoms with Crippen molar-refractivity contribution in [1.82, 2.24) is 30.5 Å². The van der Waals surface area contributed by atoms with Crippen molar-refractivity contribution >= 4 is 11.9 Å². The predicted molar refractivity (Wildman–Crippen MR) is 71.9 cm³/mol. The minimum Gasteiger partial charge on any atom is -0.323 e. The molecule has 0 radical (unpaired) electrons. The molecule has 3 heterocycles. The van der Waals surface area contributed by atoms with Gasteiger partial charge in [-0.05, 0) is 25.8 Å². The van der Waals surface area contributed by atoms with Crippen LogP contribution in [0, 0.1) is 11.8 Å². The summed E-state index contributed by atoms with van der Waals surface area (Å²) < 4.78 is 0.